The second kappa shape index (κ2) is 8.81. The van der Waals surface area contributed by atoms with E-state index in [1.54, 1.807) is 0 Å². The fraction of sp³-hybridized carbons (Fsp3) is 0.750. The van der Waals surface area contributed by atoms with Crippen molar-refractivity contribution in [1.29, 1.82) is 0 Å². The average molecular weight is 422 g/mol. The lowest BCUT2D eigenvalue weighted by molar-refractivity contribution is -0.197. The topological polar surface area (TPSA) is 108 Å². The van der Waals surface area contributed by atoms with Gasteiger partial charge in [-0.1, -0.05) is 0 Å². The quantitative estimate of drug-likeness (QED) is 0.547. The van der Waals surface area contributed by atoms with E-state index in [0.29, 0.717) is 5.06 Å². The highest BCUT2D eigenvalue weighted by Gasteiger charge is 2.43. The number of piperazine rings is 1. The Balaban J connectivity index is 1.44. The summed E-state index contributed by atoms with van der Waals surface area (Å²) in [6.07, 6.45) is 0.359. The minimum Gasteiger partial charge on any atom is -0.330 e. The van der Waals surface area contributed by atoms with Crippen LogP contribution in [0.25, 0.3) is 0 Å². The zero-order valence-electron chi connectivity index (χ0n) is 17.9. The first-order valence-corrected chi connectivity index (χ1v) is 10.5. The second-order valence-corrected chi connectivity index (χ2v) is 8.95. The molecule has 0 bridgehead atoms. The molecular weight excluding hydrogens is 392 g/mol. The summed E-state index contributed by atoms with van der Waals surface area (Å²) in [6.45, 7) is 9.77. The molecule has 0 radical (unpaired) electrons. The van der Waals surface area contributed by atoms with E-state index < -0.39 is 23.8 Å². The molecule has 0 aromatic heterocycles. The summed E-state index contributed by atoms with van der Waals surface area (Å²) in [5.74, 6) is -2.25. The summed E-state index contributed by atoms with van der Waals surface area (Å²) in [7, 11) is 0. The number of carbonyl (C=O) groups excluding carboxylic acids is 5. The van der Waals surface area contributed by atoms with Gasteiger partial charge in [0.25, 0.3) is 11.8 Å². The number of hydrogen-bond donors (Lipinski definition) is 0. The number of rotatable bonds is 6. The number of amides is 4. The third-order valence-electron chi connectivity index (χ3n) is 5.89. The summed E-state index contributed by atoms with van der Waals surface area (Å²) in [5, 5.41) is 0.502. The van der Waals surface area contributed by atoms with Crippen molar-refractivity contribution in [3.63, 3.8) is 0 Å². The van der Waals surface area contributed by atoms with Gasteiger partial charge in [-0.05, 0) is 27.2 Å². The van der Waals surface area contributed by atoms with Crippen molar-refractivity contribution in [1.82, 2.24) is 19.8 Å². The number of hydrogen-bond acceptors (Lipinski definition) is 8. The number of imide groups is 2. The Morgan fingerprint density at radius 3 is 2.13 bits per heavy atom. The zero-order chi connectivity index (χ0) is 22.1. The Kier molecular flexibility index (Phi) is 6.56. The van der Waals surface area contributed by atoms with Crippen molar-refractivity contribution >= 4 is 29.6 Å². The van der Waals surface area contributed by atoms with E-state index in [-0.39, 0.29) is 56.0 Å². The Bertz CT molecular complexity index is 722. The molecule has 3 saturated heterocycles. The van der Waals surface area contributed by atoms with Gasteiger partial charge in [-0.15, -0.1) is 5.06 Å². The largest absolute Gasteiger partial charge is 0.333 e. The van der Waals surface area contributed by atoms with Crippen LogP contribution in [0.4, 0.5) is 0 Å². The summed E-state index contributed by atoms with van der Waals surface area (Å²) < 4.78 is 0. The van der Waals surface area contributed by atoms with Crippen molar-refractivity contribution in [2.75, 3.05) is 32.7 Å². The van der Waals surface area contributed by atoms with Crippen molar-refractivity contribution in [2.45, 2.75) is 64.5 Å². The molecule has 0 aromatic carbocycles. The highest BCUT2D eigenvalue weighted by atomic mass is 16.7. The molecule has 30 heavy (non-hydrogen) atoms. The molecule has 3 fully saturated rings. The predicted molar refractivity (Wildman–Crippen MR) is 104 cm³/mol. The molecule has 1 atom stereocenters. The van der Waals surface area contributed by atoms with Gasteiger partial charge in [0.2, 0.25) is 11.8 Å². The molecule has 0 spiro atoms. The molecule has 1 unspecified atom stereocenters. The van der Waals surface area contributed by atoms with E-state index >= 15 is 0 Å². The van der Waals surface area contributed by atoms with E-state index in [1.165, 1.54) is 4.90 Å². The van der Waals surface area contributed by atoms with Crippen LogP contribution in [0.5, 0.6) is 0 Å². The fourth-order valence-electron chi connectivity index (χ4n) is 4.08. The number of likely N-dealkylation sites (tertiary alicyclic amines) is 1. The van der Waals surface area contributed by atoms with E-state index in [9.17, 15) is 24.0 Å². The smallest absolute Gasteiger partial charge is 0.330 e. The van der Waals surface area contributed by atoms with Gasteiger partial charge in [0, 0.05) is 57.5 Å². The van der Waals surface area contributed by atoms with Crippen molar-refractivity contribution < 1.29 is 28.8 Å². The van der Waals surface area contributed by atoms with Crippen LogP contribution in [0.2, 0.25) is 0 Å². The highest BCUT2D eigenvalue weighted by molar-refractivity contribution is 6.05. The second-order valence-electron chi connectivity index (χ2n) is 8.95. The summed E-state index contributed by atoms with van der Waals surface area (Å²) >= 11 is 0. The van der Waals surface area contributed by atoms with E-state index in [0.717, 1.165) is 26.2 Å². The van der Waals surface area contributed by atoms with Crippen LogP contribution in [-0.2, 0) is 28.8 Å². The Labute approximate surface area is 176 Å². The normalized spacial score (nSPS) is 24.3. The van der Waals surface area contributed by atoms with Crippen LogP contribution >= 0.6 is 0 Å². The Hall–Kier alpha value is -2.33. The lowest BCUT2D eigenvalue weighted by atomic mass is 10.0. The van der Waals surface area contributed by atoms with Crippen LogP contribution in [0.1, 0.15) is 52.9 Å². The van der Waals surface area contributed by atoms with Gasteiger partial charge in [0.1, 0.15) is 0 Å². The van der Waals surface area contributed by atoms with Crippen LogP contribution in [0.3, 0.4) is 0 Å². The van der Waals surface area contributed by atoms with E-state index in [4.69, 9.17) is 4.84 Å². The lowest BCUT2D eigenvalue weighted by Crippen LogP contribution is -2.56. The maximum absolute atomic E-state index is 12.8. The number of nitrogens with zero attached hydrogens (tertiary/aromatic N) is 4. The van der Waals surface area contributed by atoms with Crippen LogP contribution in [0.15, 0.2) is 0 Å². The first-order chi connectivity index (χ1) is 14.1. The molecule has 3 heterocycles. The number of hydroxylamine groups is 2. The van der Waals surface area contributed by atoms with Crippen LogP contribution in [0, 0.1) is 0 Å². The summed E-state index contributed by atoms with van der Waals surface area (Å²) in [4.78, 5) is 70.4. The molecule has 3 aliphatic rings. The minimum atomic E-state index is -0.729. The van der Waals surface area contributed by atoms with Gasteiger partial charge >= 0.3 is 5.97 Å². The van der Waals surface area contributed by atoms with Crippen LogP contribution < -0.4 is 0 Å². The first kappa shape index (κ1) is 22.4. The maximum Gasteiger partial charge on any atom is 0.333 e. The van der Waals surface area contributed by atoms with Crippen molar-refractivity contribution in [3.05, 3.63) is 0 Å². The Morgan fingerprint density at radius 2 is 1.57 bits per heavy atom. The van der Waals surface area contributed by atoms with Gasteiger partial charge in [-0.3, -0.25) is 33.9 Å². The van der Waals surface area contributed by atoms with Gasteiger partial charge in [0.15, 0.2) is 0 Å². The monoisotopic (exact) mass is 422 g/mol. The van der Waals surface area contributed by atoms with Gasteiger partial charge < -0.3 is 4.84 Å². The number of carbonyl (C=O) groups is 5. The average Bonchev–Trinajstić information content (AvgIpc) is 3.15. The predicted octanol–water partition coefficient (Wildman–Crippen LogP) is -0.0826. The molecule has 3 rings (SSSR count). The van der Waals surface area contributed by atoms with Gasteiger partial charge in [0.05, 0.1) is 12.5 Å². The molecule has 3 aliphatic heterocycles. The van der Waals surface area contributed by atoms with Gasteiger partial charge in [-0.25, -0.2) is 4.79 Å². The van der Waals surface area contributed by atoms with E-state index in [1.807, 2.05) is 0 Å². The molecule has 0 N–H and O–H groups in total. The molecule has 0 aromatic rings. The molecule has 10 nitrogen and oxygen atoms in total. The molecule has 0 aliphatic carbocycles. The molecular formula is C20H30N4O6. The minimum absolute atomic E-state index is 0.0360. The highest BCUT2D eigenvalue weighted by Crippen LogP contribution is 2.23. The zero-order valence-corrected chi connectivity index (χ0v) is 17.9. The SMILES string of the molecule is CC(C)(C)N1CCN(C2CC(=O)N(CCCC(=O)ON3C(=O)CCC3=O)C2=O)CC1. The molecule has 0 saturated carbocycles. The third-order valence-corrected chi connectivity index (χ3v) is 5.89. The molecule has 4 amide bonds. The lowest BCUT2D eigenvalue weighted by Gasteiger charge is -2.43. The third kappa shape index (κ3) is 4.86. The first-order valence-electron chi connectivity index (χ1n) is 10.5. The van der Waals surface area contributed by atoms with E-state index in [2.05, 4.69) is 30.6 Å². The maximum atomic E-state index is 12.8. The fourth-order valence-corrected chi connectivity index (χ4v) is 4.08. The van der Waals surface area contributed by atoms with Crippen LogP contribution in [-0.4, -0.2) is 93.7 Å². The van der Waals surface area contributed by atoms with Crippen molar-refractivity contribution in [3.8, 4) is 0 Å². The molecule has 10 heteroatoms. The molecule has 166 valence electrons. The van der Waals surface area contributed by atoms with Crippen molar-refractivity contribution in [2.24, 2.45) is 0 Å². The summed E-state index contributed by atoms with van der Waals surface area (Å²) in [6, 6.07) is -0.439. The van der Waals surface area contributed by atoms with Gasteiger partial charge in [-0.2, -0.15) is 0 Å². The summed E-state index contributed by atoms with van der Waals surface area (Å²) in [5.41, 5.74) is 0.0759. The Morgan fingerprint density at radius 1 is 0.967 bits per heavy atom. The standard InChI is InChI=1S/C20H30N4O6/c1-20(2,3)22-11-9-21(10-12-22)14-13-17(27)23(19(14)29)8-4-5-18(28)30-24-15(25)6-7-16(24)26/h14H,4-13H2,1-3H3.